The smallest absolute Gasteiger partial charge is 0.234 e. The summed E-state index contributed by atoms with van der Waals surface area (Å²) in [5.41, 5.74) is -0.198. The van der Waals surface area contributed by atoms with Crippen molar-refractivity contribution in [1.29, 1.82) is 0 Å². The minimum Gasteiger partial charge on any atom is -0.350 e. The van der Waals surface area contributed by atoms with Crippen LogP contribution in [0.3, 0.4) is 0 Å². The molecule has 1 heterocycles. The van der Waals surface area contributed by atoms with Crippen molar-refractivity contribution < 1.29 is 9.59 Å². The highest BCUT2D eigenvalue weighted by atomic mass is 16.2. The minimum absolute atomic E-state index is 0.00259. The number of nitrogens with zero attached hydrogens (tertiary/aromatic N) is 1. The zero-order valence-electron chi connectivity index (χ0n) is 9.80. The second-order valence-corrected chi connectivity index (χ2v) is 5.15. The number of likely N-dealkylation sites (tertiary alicyclic amines) is 1. The Balaban J connectivity index is 2.34. The Labute approximate surface area is 91.0 Å². The SMILES string of the molecule is CC(C)(C)NC(=O)CN1CCCC(=O)C1. The Morgan fingerprint density at radius 1 is 1.47 bits per heavy atom. The Hall–Kier alpha value is -0.900. The standard InChI is InChI=1S/C11H20N2O2/c1-11(2,3)12-10(15)8-13-6-4-5-9(14)7-13/h4-8H2,1-3H3,(H,12,15). The fourth-order valence-corrected chi connectivity index (χ4v) is 1.70. The molecule has 1 aliphatic rings. The van der Waals surface area contributed by atoms with Crippen molar-refractivity contribution in [3.05, 3.63) is 0 Å². The van der Waals surface area contributed by atoms with Crippen LogP contribution in [0.25, 0.3) is 0 Å². The second kappa shape index (κ2) is 4.75. The van der Waals surface area contributed by atoms with Gasteiger partial charge in [-0.3, -0.25) is 14.5 Å². The maximum atomic E-state index is 11.6. The van der Waals surface area contributed by atoms with Gasteiger partial charge in [-0.05, 0) is 33.7 Å². The molecule has 0 aliphatic carbocycles. The van der Waals surface area contributed by atoms with E-state index in [1.54, 1.807) is 0 Å². The van der Waals surface area contributed by atoms with Crippen molar-refractivity contribution in [2.75, 3.05) is 19.6 Å². The fourth-order valence-electron chi connectivity index (χ4n) is 1.70. The van der Waals surface area contributed by atoms with Crippen LogP contribution < -0.4 is 5.32 Å². The van der Waals surface area contributed by atoms with Crippen LogP contribution in [0.2, 0.25) is 0 Å². The third kappa shape index (κ3) is 4.93. The predicted molar refractivity (Wildman–Crippen MR) is 58.6 cm³/mol. The molecular formula is C11H20N2O2. The monoisotopic (exact) mass is 212 g/mol. The van der Waals surface area contributed by atoms with E-state index in [1.165, 1.54) is 0 Å². The van der Waals surface area contributed by atoms with Gasteiger partial charge in [0, 0.05) is 12.0 Å². The van der Waals surface area contributed by atoms with Gasteiger partial charge in [0.1, 0.15) is 5.78 Å². The van der Waals surface area contributed by atoms with Crippen LogP contribution in [0.5, 0.6) is 0 Å². The van der Waals surface area contributed by atoms with Crippen LogP contribution in [0.4, 0.5) is 0 Å². The van der Waals surface area contributed by atoms with Gasteiger partial charge in [0.05, 0.1) is 13.1 Å². The fraction of sp³-hybridized carbons (Fsp3) is 0.818. The van der Waals surface area contributed by atoms with Crippen molar-refractivity contribution in [3.63, 3.8) is 0 Å². The molecule has 1 amide bonds. The van der Waals surface area contributed by atoms with Crippen LogP contribution in [0.1, 0.15) is 33.6 Å². The first-order chi connectivity index (χ1) is 6.87. The quantitative estimate of drug-likeness (QED) is 0.728. The highest BCUT2D eigenvalue weighted by molar-refractivity contribution is 5.83. The van der Waals surface area contributed by atoms with Crippen LogP contribution in [-0.4, -0.2) is 41.8 Å². The van der Waals surface area contributed by atoms with Crippen LogP contribution in [0.15, 0.2) is 0 Å². The van der Waals surface area contributed by atoms with E-state index in [9.17, 15) is 9.59 Å². The highest BCUT2D eigenvalue weighted by Crippen LogP contribution is 2.05. The molecule has 4 nitrogen and oxygen atoms in total. The summed E-state index contributed by atoms with van der Waals surface area (Å²) in [4.78, 5) is 24.6. The van der Waals surface area contributed by atoms with Gasteiger partial charge in [-0.1, -0.05) is 0 Å². The van der Waals surface area contributed by atoms with Gasteiger partial charge < -0.3 is 5.32 Å². The van der Waals surface area contributed by atoms with Crippen molar-refractivity contribution in [2.24, 2.45) is 0 Å². The molecule has 0 aromatic heterocycles. The van der Waals surface area contributed by atoms with Crippen molar-refractivity contribution >= 4 is 11.7 Å². The van der Waals surface area contributed by atoms with Crippen LogP contribution in [0, 0.1) is 0 Å². The molecular weight excluding hydrogens is 192 g/mol. The van der Waals surface area contributed by atoms with Gasteiger partial charge in [0.15, 0.2) is 0 Å². The first kappa shape index (κ1) is 12.2. The number of piperidine rings is 1. The van der Waals surface area contributed by atoms with Gasteiger partial charge >= 0.3 is 0 Å². The molecule has 0 bridgehead atoms. The zero-order chi connectivity index (χ0) is 11.5. The first-order valence-electron chi connectivity index (χ1n) is 5.42. The molecule has 1 aliphatic heterocycles. The number of rotatable bonds is 2. The molecule has 0 spiro atoms. The number of hydrogen-bond acceptors (Lipinski definition) is 3. The lowest BCUT2D eigenvalue weighted by atomic mass is 10.1. The average molecular weight is 212 g/mol. The zero-order valence-corrected chi connectivity index (χ0v) is 9.80. The Kier molecular flexibility index (Phi) is 3.85. The average Bonchev–Trinajstić information content (AvgIpc) is 1.99. The largest absolute Gasteiger partial charge is 0.350 e. The molecule has 15 heavy (non-hydrogen) atoms. The van der Waals surface area contributed by atoms with Crippen molar-refractivity contribution in [3.8, 4) is 0 Å². The van der Waals surface area contributed by atoms with E-state index in [0.29, 0.717) is 19.5 Å². The maximum Gasteiger partial charge on any atom is 0.234 e. The van der Waals surface area contributed by atoms with E-state index >= 15 is 0 Å². The Morgan fingerprint density at radius 2 is 2.13 bits per heavy atom. The van der Waals surface area contributed by atoms with E-state index in [1.807, 2.05) is 25.7 Å². The first-order valence-corrected chi connectivity index (χ1v) is 5.42. The molecule has 1 rings (SSSR count). The lowest BCUT2D eigenvalue weighted by molar-refractivity contribution is -0.126. The summed E-state index contributed by atoms with van der Waals surface area (Å²) >= 11 is 0. The summed E-state index contributed by atoms with van der Waals surface area (Å²) in [6.07, 6.45) is 1.54. The third-order valence-electron chi connectivity index (χ3n) is 2.21. The predicted octanol–water partition coefficient (Wildman–Crippen LogP) is 0.566. The summed E-state index contributed by atoms with van der Waals surface area (Å²) < 4.78 is 0. The van der Waals surface area contributed by atoms with Crippen LogP contribution in [-0.2, 0) is 9.59 Å². The summed E-state index contributed by atoms with van der Waals surface area (Å²) in [7, 11) is 0. The van der Waals surface area contributed by atoms with Crippen molar-refractivity contribution in [2.45, 2.75) is 39.2 Å². The number of Topliss-reactive ketones (excluding diaryl/α,β-unsaturated/α-hetero) is 1. The van der Waals surface area contributed by atoms with E-state index in [2.05, 4.69) is 5.32 Å². The number of amides is 1. The van der Waals surface area contributed by atoms with Crippen LogP contribution >= 0.6 is 0 Å². The normalized spacial score (nSPS) is 19.0. The molecule has 1 N–H and O–H groups in total. The number of ketones is 1. The summed E-state index contributed by atoms with van der Waals surface area (Å²) in [6, 6.07) is 0. The molecule has 0 aromatic carbocycles. The lowest BCUT2D eigenvalue weighted by Crippen LogP contribution is -2.48. The number of carbonyl (C=O) groups is 2. The van der Waals surface area contributed by atoms with Gasteiger partial charge in [0.25, 0.3) is 0 Å². The van der Waals surface area contributed by atoms with E-state index < -0.39 is 0 Å². The Morgan fingerprint density at radius 3 is 2.67 bits per heavy atom. The summed E-state index contributed by atoms with van der Waals surface area (Å²) in [5, 5.41) is 2.89. The number of nitrogens with one attached hydrogen (secondary N) is 1. The summed E-state index contributed by atoms with van der Waals surface area (Å²) in [5.74, 6) is 0.238. The molecule has 4 heteroatoms. The molecule has 1 saturated heterocycles. The Bertz CT molecular complexity index is 256. The molecule has 0 unspecified atom stereocenters. The van der Waals surface area contributed by atoms with Gasteiger partial charge in [-0.25, -0.2) is 0 Å². The lowest BCUT2D eigenvalue weighted by Gasteiger charge is -2.27. The molecule has 0 aromatic rings. The van der Waals surface area contributed by atoms with E-state index in [-0.39, 0.29) is 17.2 Å². The summed E-state index contributed by atoms with van der Waals surface area (Å²) in [6.45, 7) is 7.47. The topological polar surface area (TPSA) is 49.4 Å². The van der Waals surface area contributed by atoms with Crippen molar-refractivity contribution in [1.82, 2.24) is 10.2 Å². The van der Waals surface area contributed by atoms with E-state index in [4.69, 9.17) is 0 Å². The molecule has 0 saturated carbocycles. The molecule has 1 fully saturated rings. The minimum atomic E-state index is -0.198. The second-order valence-electron chi connectivity index (χ2n) is 5.15. The third-order valence-corrected chi connectivity index (χ3v) is 2.21. The van der Waals surface area contributed by atoms with E-state index in [0.717, 1.165) is 13.0 Å². The molecule has 86 valence electrons. The van der Waals surface area contributed by atoms with Gasteiger partial charge in [0.2, 0.25) is 5.91 Å². The van der Waals surface area contributed by atoms with Gasteiger partial charge in [-0.15, -0.1) is 0 Å². The molecule has 0 radical (unpaired) electrons. The number of carbonyl (C=O) groups excluding carboxylic acids is 2. The molecule has 0 atom stereocenters. The van der Waals surface area contributed by atoms with Gasteiger partial charge in [-0.2, -0.15) is 0 Å². The maximum absolute atomic E-state index is 11.6. The highest BCUT2D eigenvalue weighted by Gasteiger charge is 2.21. The number of hydrogen-bond donors (Lipinski definition) is 1.